The van der Waals surface area contributed by atoms with Gasteiger partial charge in [-0.1, -0.05) is 13.8 Å². The Morgan fingerprint density at radius 1 is 1.54 bits per heavy atom. The van der Waals surface area contributed by atoms with Gasteiger partial charge >= 0.3 is 0 Å². The van der Waals surface area contributed by atoms with E-state index in [2.05, 4.69) is 30.8 Å². The lowest BCUT2D eigenvalue weighted by Crippen LogP contribution is -2.21. The van der Waals surface area contributed by atoms with E-state index in [1.54, 1.807) is 0 Å². The van der Waals surface area contributed by atoms with Crippen LogP contribution < -0.4 is 0 Å². The van der Waals surface area contributed by atoms with Crippen LogP contribution in [0.2, 0.25) is 0 Å². The molecule has 3 nitrogen and oxygen atoms in total. The normalized spacial score (nSPS) is 27.1. The molecule has 1 atom stereocenters. The SMILES string of the molecule is CCN1C/C(=N/N(C)CC)C(C)C1. The number of hydrogen-bond donors (Lipinski definition) is 0. The fraction of sp³-hybridized carbons (Fsp3) is 0.900. The minimum atomic E-state index is 0.633. The quantitative estimate of drug-likeness (QED) is 0.614. The van der Waals surface area contributed by atoms with Gasteiger partial charge in [-0.3, -0.25) is 4.90 Å². The summed E-state index contributed by atoms with van der Waals surface area (Å²) >= 11 is 0. The molecular formula is C10H21N3. The maximum atomic E-state index is 4.58. The molecule has 0 aromatic carbocycles. The van der Waals surface area contributed by atoms with Crippen LogP contribution in [-0.4, -0.2) is 48.8 Å². The molecule has 1 aliphatic heterocycles. The molecule has 0 bridgehead atoms. The van der Waals surface area contributed by atoms with Gasteiger partial charge < -0.3 is 5.01 Å². The van der Waals surface area contributed by atoms with Gasteiger partial charge in [0, 0.05) is 32.6 Å². The van der Waals surface area contributed by atoms with E-state index in [1.165, 1.54) is 12.3 Å². The van der Waals surface area contributed by atoms with E-state index >= 15 is 0 Å². The Morgan fingerprint density at radius 2 is 2.23 bits per heavy atom. The van der Waals surface area contributed by atoms with E-state index < -0.39 is 0 Å². The molecular weight excluding hydrogens is 162 g/mol. The second-order valence-electron chi connectivity index (χ2n) is 3.79. The van der Waals surface area contributed by atoms with Crippen LogP contribution in [0.1, 0.15) is 20.8 Å². The molecule has 0 aromatic heterocycles. The van der Waals surface area contributed by atoms with E-state index in [1.807, 2.05) is 12.1 Å². The van der Waals surface area contributed by atoms with Crippen LogP contribution in [0.15, 0.2) is 5.10 Å². The molecule has 3 heteroatoms. The molecule has 1 aliphatic rings. The van der Waals surface area contributed by atoms with Gasteiger partial charge in [-0.2, -0.15) is 5.10 Å². The van der Waals surface area contributed by atoms with Crippen LogP contribution in [0.4, 0.5) is 0 Å². The van der Waals surface area contributed by atoms with Gasteiger partial charge in [0.1, 0.15) is 0 Å². The van der Waals surface area contributed by atoms with Crippen molar-refractivity contribution in [2.24, 2.45) is 11.0 Å². The van der Waals surface area contributed by atoms with Crippen molar-refractivity contribution < 1.29 is 0 Å². The Bertz CT molecular complexity index is 189. The zero-order valence-electron chi connectivity index (χ0n) is 9.25. The summed E-state index contributed by atoms with van der Waals surface area (Å²) in [6.45, 7) is 11.0. The molecule has 0 saturated carbocycles. The molecule has 0 spiro atoms. The average Bonchev–Trinajstić information content (AvgIpc) is 2.47. The Hall–Kier alpha value is -0.570. The van der Waals surface area contributed by atoms with Crippen LogP contribution in [0.25, 0.3) is 0 Å². The third-order valence-corrected chi connectivity index (χ3v) is 2.69. The summed E-state index contributed by atoms with van der Waals surface area (Å²) < 4.78 is 0. The van der Waals surface area contributed by atoms with Gasteiger partial charge in [-0.25, -0.2) is 0 Å². The summed E-state index contributed by atoms with van der Waals surface area (Å²) in [5.41, 5.74) is 1.34. The molecule has 1 fully saturated rings. The fourth-order valence-electron chi connectivity index (χ4n) is 1.60. The summed E-state index contributed by atoms with van der Waals surface area (Å²) in [6, 6.07) is 0. The molecule has 1 rings (SSSR count). The lowest BCUT2D eigenvalue weighted by Gasteiger charge is -2.12. The zero-order chi connectivity index (χ0) is 9.84. The van der Waals surface area contributed by atoms with E-state index in [0.29, 0.717) is 5.92 Å². The van der Waals surface area contributed by atoms with E-state index in [-0.39, 0.29) is 0 Å². The molecule has 1 saturated heterocycles. The average molecular weight is 183 g/mol. The summed E-state index contributed by atoms with van der Waals surface area (Å²) in [6.07, 6.45) is 0. The molecule has 0 radical (unpaired) electrons. The van der Waals surface area contributed by atoms with Crippen molar-refractivity contribution in [3.8, 4) is 0 Å². The van der Waals surface area contributed by atoms with E-state index in [9.17, 15) is 0 Å². The molecule has 1 unspecified atom stereocenters. The highest BCUT2D eigenvalue weighted by Crippen LogP contribution is 2.13. The maximum Gasteiger partial charge on any atom is 0.0561 e. The highest BCUT2D eigenvalue weighted by molar-refractivity contribution is 5.90. The number of hydrazone groups is 1. The minimum Gasteiger partial charge on any atom is -0.300 e. The largest absolute Gasteiger partial charge is 0.300 e. The monoisotopic (exact) mass is 183 g/mol. The van der Waals surface area contributed by atoms with Gasteiger partial charge in [-0.05, 0) is 13.5 Å². The third kappa shape index (κ3) is 2.69. The van der Waals surface area contributed by atoms with Crippen LogP contribution in [0.3, 0.4) is 0 Å². The van der Waals surface area contributed by atoms with Crippen LogP contribution in [0, 0.1) is 5.92 Å². The Labute approximate surface area is 81.4 Å². The van der Waals surface area contributed by atoms with Crippen molar-refractivity contribution >= 4 is 5.71 Å². The van der Waals surface area contributed by atoms with Gasteiger partial charge in [0.15, 0.2) is 0 Å². The molecule has 0 amide bonds. The Balaban J connectivity index is 2.56. The first-order chi connectivity index (χ1) is 6.17. The molecule has 0 N–H and O–H groups in total. The molecule has 13 heavy (non-hydrogen) atoms. The van der Waals surface area contributed by atoms with Gasteiger partial charge in [0.2, 0.25) is 0 Å². The first-order valence-electron chi connectivity index (χ1n) is 5.18. The highest BCUT2D eigenvalue weighted by Gasteiger charge is 2.24. The predicted octanol–water partition coefficient (Wildman–Crippen LogP) is 1.27. The van der Waals surface area contributed by atoms with Crippen molar-refractivity contribution in [1.29, 1.82) is 0 Å². The van der Waals surface area contributed by atoms with Gasteiger partial charge in [0.05, 0.1) is 5.71 Å². The Kier molecular flexibility index (Phi) is 3.72. The maximum absolute atomic E-state index is 4.58. The van der Waals surface area contributed by atoms with Gasteiger partial charge in [0.25, 0.3) is 0 Å². The smallest absolute Gasteiger partial charge is 0.0561 e. The minimum absolute atomic E-state index is 0.633. The van der Waals surface area contributed by atoms with Crippen molar-refractivity contribution in [2.75, 3.05) is 33.2 Å². The molecule has 1 heterocycles. The molecule has 76 valence electrons. The standard InChI is InChI=1S/C10H21N3/c1-5-12(4)11-10-8-13(6-2)7-9(10)3/h9H,5-8H2,1-4H3/b11-10-. The van der Waals surface area contributed by atoms with E-state index in [4.69, 9.17) is 0 Å². The van der Waals surface area contributed by atoms with Crippen molar-refractivity contribution in [1.82, 2.24) is 9.91 Å². The number of likely N-dealkylation sites (tertiary alicyclic amines) is 1. The lowest BCUT2D eigenvalue weighted by molar-refractivity contribution is 0.348. The highest BCUT2D eigenvalue weighted by atomic mass is 15.4. The summed E-state index contributed by atoms with van der Waals surface area (Å²) in [4.78, 5) is 2.44. The third-order valence-electron chi connectivity index (χ3n) is 2.69. The van der Waals surface area contributed by atoms with Crippen LogP contribution in [-0.2, 0) is 0 Å². The van der Waals surface area contributed by atoms with E-state index in [0.717, 1.165) is 19.6 Å². The second-order valence-corrected chi connectivity index (χ2v) is 3.79. The van der Waals surface area contributed by atoms with Crippen molar-refractivity contribution in [3.63, 3.8) is 0 Å². The van der Waals surface area contributed by atoms with Crippen molar-refractivity contribution in [2.45, 2.75) is 20.8 Å². The molecule has 0 aromatic rings. The second kappa shape index (κ2) is 4.61. The summed E-state index contributed by atoms with van der Waals surface area (Å²) in [5, 5.41) is 6.60. The lowest BCUT2D eigenvalue weighted by atomic mass is 10.1. The first-order valence-corrected chi connectivity index (χ1v) is 5.18. The number of hydrogen-bond acceptors (Lipinski definition) is 3. The number of rotatable bonds is 3. The zero-order valence-corrected chi connectivity index (χ0v) is 9.25. The van der Waals surface area contributed by atoms with Crippen molar-refractivity contribution in [3.05, 3.63) is 0 Å². The molecule has 0 aliphatic carbocycles. The Morgan fingerprint density at radius 3 is 2.69 bits per heavy atom. The predicted molar refractivity (Wildman–Crippen MR) is 57.0 cm³/mol. The van der Waals surface area contributed by atoms with Gasteiger partial charge in [-0.15, -0.1) is 0 Å². The topological polar surface area (TPSA) is 18.8 Å². The fourth-order valence-corrected chi connectivity index (χ4v) is 1.60. The summed E-state index contributed by atoms with van der Waals surface area (Å²) in [5.74, 6) is 0.633. The van der Waals surface area contributed by atoms with Crippen LogP contribution in [0.5, 0.6) is 0 Å². The summed E-state index contributed by atoms with van der Waals surface area (Å²) in [7, 11) is 2.04. The first kappa shape index (κ1) is 10.5. The van der Waals surface area contributed by atoms with Crippen LogP contribution >= 0.6 is 0 Å². The number of nitrogens with zero attached hydrogens (tertiary/aromatic N) is 3.